The van der Waals surface area contributed by atoms with Crippen LogP contribution in [0.3, 0.4) is 0 Å². The number of carbonyl (C=O) groups is 1. The van der Waals surface area contributed by atoms with Crippen LogP contribution in [0.5, 0.6) is 0 Å². The van der Waals surface area contributed by atoms with E-state index in [0.29, 0.717) is 23.0 Å². The number of carbonyl (C=O) groups excluding carboxylic acids is 1. The fraction of sp³-hybridized carbons (Fsp3) is 0.500. The maximum atomic E-state index is 12.6. The summed E-state index contributed by atoms with van der Waals surface area (Å²) in [7, 11) is 0. The second-order valence-electron chi connectivity index (χ2n) is 6.24. The molecule has 7 nitrogen and oxygen atoms in total. The molecule has 0 aliphatic heterocycles. The van der Waals surface area contributed by atoms with Crippen LogP contribution in [0.15, 0.2) is 6.07 Å². The molecular formula is C16H20N4O3. The zero-order valence-corrected chi connectivity index (χ0v) is 13.8. The molecule has 0 unspecified atom stereocenters. The van der Waals surface area contributed by atoms with Crippen LogP contribution in [0, 0.1) is 37.8 Å². The van der Waals surface area contributed by atoms with E-state index < -0.39 is 4.92 Å². The Kier molecular flexibility index (Phi) is 3.58. The fourth-order valence-electron chi connectivity index (χ4n) is 3.28. The van der Waals surface area contributed by atoms with Gasteiger partial charge in [0.2, 0.25) is 0 Å². The fourth-order valence-corrected chi connectivity index (χ4v) is 3.28. The van der Waals surface area contributed by atoms with Crippen molar-refractivity contribution in [3.8, 4) is 0 Å². The van der Waals surface area contributed by atoms with Gasteiger partial charge >= 0.3 is 5.69 Å². The van der Waals surface area contributed by atoms with Crippen molar-refractivity contribution >= 4 is 11.5 Å². The van der Waals surface area contributed by atoms with Gasteiger partial charge in [0.25, 0.3) is 0 Å². The van der Waals surface area contributed by atoms with Crippen LogP contribution in [0.25, 0.3) is 0 Å². The summed E-state index contributed by atoms with van der Waals surface area (Å²) in [6, 6.07) is 2.43. The van der Waals surface area contributed by atoms with Crippen molar-refractivity contribution in [3.63, 3.8) is 0 Å². The van der Waals surface area contributed by atoms with E-state index in [0.717, 1.165) is 24.2 Å². The first-order valence-electron chi connectivity index (χ1n) is 7.71. The highest BCUT2D eigenvalue weighted by Gasteiger charge is 2.29. The third-order valence-corrected chi connectivity index (χ3v) is 4.52. The maximum Gasteiger partial charge on any atom is 0.312 e. The molecule has 2 aromatic heterocycles. The van der Waals surface area contributed by atoms with Gasteiger partial charge in [-0.05, 0) is 46.6 Å². The molecule has 1 saturated carbocycles. The van der Waals surface area contributed by atoms with Crippen molar-refractivity contribution in [2.75, 3.05) is 0 Å². The van der Waals surface area contributed by atoms with Crippen LogP contribution in [0.1, 0.15) is 52.0 Å². The largest absolute Gasteiger partial charge is 0.345 e. The van der Waals surface area contributed by atoms with E-state index in [2.05, 4.69) is 9.67 Å². The summed E-state index contributed by atoms with van der Waals surface area (Å²) >= 11 is 0. The predicted octanol–water partition coefficient (Wildman–Crippen LogP) is 3.04. The van der Waals surface area contributed by atoms with E-state index in [4.69, 9.17) is 0 Å². The Labute approximate surface area is 134 Å². The lowest BCUT2D eigenvalue weighted by Crippen LogP contribution is -2.14. The topological polar surface area (TPSA) is 83.0 Å². The van der Waals surface area contributed by atoms with Crippen molar-refractivity contribution in [2.24, 2.45) is 0 Å². The summed E-state index contributed by atoms with van der Waals surface area (Å²) in [4.78, 5) is 23.3. The molecule has 0 amide bonds. The van der Waals surface area contributed by atoms with E-state index in [1.807, 2.05) is 19.9 Å². The van der Waals surface area contributed by atoms with Gasteiger partial charge in [-0.3, -0.25) is 19.6 Å². The van der Waals surface area contributed by atoms with Crippen molar-refractivity contribution < 1.29 is 9.72 Å². The van der Waals surface area contributed by atoms with Gasteiger partial charge in [0.1, 0.15) is 17.9 Å². The molecule has 1 aliphatic carbocycles. The SMILES string of the molecule is Cc1nn(CC(=O)c2cc(C)n(C3CC3)c2C)c(C)c1[N+](=O)[O-]. The molecular weight excluding hydrogens is 296 g/mol. The second kappa shape index (κ2) is 5.33. The molecule has 2 heterocycles. The molecule has 0 saturated heterocycles. The summed E-state index contributed by atoms with van der Waals surface area (Å²) in [5.41, 5.74) is 3.49. The van der Waals surface area contributed by atoms with Crippen molar-refractivity contribution in [1.29, 1.82) is 0 Å². The third kappa shape index (κ3) is 2.56. The van der Waals surface area contributed by atoms with Gasteiger partial charge < -0.3 is 4.57 Å². The van der Waals surface area contributed by atoms with Crippen LogP contribution >= 0.6 is 0 Å². The molecule has 0 aromatic carbocycles. The molecule has 122 valence electrons. The molecule has 0 atom stereocenters. The van der Waals surface area contributed by atoms with E-state index in [1.54, 1.807) is 13.8 Å². The van der Waals surface area contributed by atoms with Crippen molar-refractivity contribution in [3.05, 3.63) is 44.5 Å². The number of aryl methyl sites for hydroxylation is 2. The molecule has 23 heavy (non-hydrogen) atoms. The van der Waals surface area contributed by atoms with Gasteiger partial charge in [0.05, 0.1) is 4.92 Å². The molecule has 2 aromatic rings. The zero-order valence-electron chi connectivity index (χ0n) is 13.8. The van der Waals surface area contributed by atoms with Crippen LogP contribution in [-0.4, -0.2) is 25.1 Å². The summed E-state index contributed by atoms with van der Waals surface area (Å²) in [6.07, 6.45) is 2.32. The first-order valence-corrected chi connectivity index (χ1v) is 7.71. The van der Waals surface area contributed by atoms with Gasteiger partial charge in [0.15, 0.2) is 5.78 Å². The quantitative estimate of drug-likeness (QED) is 0.482. The zero-order chi connectivity index (χ0) is 16.9. The van der Waals surface area contributed by atoms with Crippen molar-refractivity contribution in [2.45, 2.75) is 53.1 Å². The van der Waals surface area contributed by atoms with Crippen LogP contribution in [-0.2, 0) is 6.54 Å². The minimum Gasteiger partial charge on any atom is -0.345 e. The summed E-state index contributed by atoms with van der Waals surface area (Å²) < 4.78 is 3.65. The van der Waals surface area contributed by atoms with E-state index >= 15 is 0 Å². The summed E-state index contributed by atoms with van der Waals surface area (Å²) in [6.45, 7) is 7.21. The van der Waals surface area contributed by atoms with Gasteiger partial charge in [-0.25, -0.2) is 0 Å². The lowest BCUT2D eigenvalue weighted by atomic mass is 10.1. The van der Waals surface area contributed by atoms with Crippen LogP contribution in [0.2, 0.25) is 0 Å². The molecule has 1 aliphatic rings. The first-order chi connectivity index (χ1) is 10.8. The van der Waals surface area contributed by atoms with E-state index in [-0.39, 0.29) is 18.0 Å². The average Bonchev–Trinajstić information content (AvgIpc) is 3.17. The van der Waals surface area contributed by atoms with E-state index in [9.17, 15) is 14.9 Å². The molecule has 0 spiro atoms. The predicted molar refractivity (Wildman–Crippen MR) is 84.9 cm³/mol. The highest BCUT2D eigenvalue weighted by atomic mass is 16.6. The van der Waals surface area contributed by atoms with Gasteiger partial charge in [-0.2, -0.15) is 5.10 Å². The average molecular weight is 316 g/mol. The number of ketones is 1. The lowest BCUT2D eigenvalue weighted by Gasteiger charge is -2.08. The maximum absolute atomic E-state index is 12.6. The molecule has 0 bridgehead atoms. The Hall–Kier alpha value is -2.44. The Morgan fingerprint density at radius 3 is 2.48 bits per heavy atom. The minimum atomic E-state index is -0.447. The van der Waals surface area contributed by atoms with Gasteiger partial charge in [-0.1, -0.05) is 0 Å². The molecule has 3 rings (SSSR count). The van der Waals surface area contributed by atoms with Gasteiger partial charge in [-0.15, -0.1) is 0 Å². The Bertz CT molecular complexity index is 812. The number of hydrogen-bond acceptors (Lipinski definition) is 4. The Morgan fingerprint density at radius 1 is 1.30 bits per heavy atom. The number of Topliss-reactive ketones (excluding diaryl/α,β-unsaturated/α-hetero) is 1. The monoisotopic (exact) mass is 316 g/mol. The number of aromatic nitrogens is 3. The van der Waals surface area contributed by atoms with Crippen LogP contribution < -0.4 is 0 Å². The summed E-state index contributed by atoms with van der Waals surface area (Å²) in [5, 5.41) is 15.2. The normalized spacial score (nSPS) is 14.3. The highest BCUT2D eigenvalue weighted by Crippen LogP contribution is 2.38. The van der Waals surface area contributed by atoms with Crippen molar-refractivity contribution in [1.82, 2.24) is 14.3 Å². The molecule has 0 N–H and O–H groups in total. The van der Waals surface area contributed by atoms with E-state index in [1.165, 1.54) is 4.68 Å². The number of nitro groups is 1. The smallest absolute Gasteiger partial charge is 0.312 e. The minimum absolute atomic E-state index is 0.0127. The number of hydrogen-bond donors (Lipinski definition) is 0. The second-order valence-corrected chi connectivity index (χ2v) is 6.24. The van der Waals surface area contributed by atoms with Gasteiger partial charge in [0, 0.05) is 23.0 Å². The molecule has 0 radical (unpaired) electrons. The standard InChI is InChI=1S/C16H20N4O3/c1-9-7-14(11(3)19(9)13-5-6-13)15(21)8-18-12(4)16(20(22)23)10(2)17-18/h7,13H,5-6,8H2,1-4H3. The lowest BCUT2D eigenvalue weighted by molar-refractivity contribution is -0.386. The summed E-state index contributed by atoms with van der Waals surface area (Å²) in [5.74, 6) is -0.0644. The first kappa shape index (κ1) is 15.5. The Balaban J connectivity index is 1.90. The highest BCUT2D eigenvalue weighted by molar-refractivity contribution is 5.97. The molecule has 1 fully saturated rings. The molecule has 7 heteroatoms. The number of nitrogens with zero attached hydrogens (tertiary/aromatic N) is 4. The Morgan fingerprint density at radius 2 is 1.96 bits per heavy atom. The van der Waals surface area contributed by atoms with Crippen LogP contribution in [0.4, 0.5) is 5.69 Å². The number of rotatable bonds is 5. The third-order valence-electron chi connectivity index (χ3n) is 4.52.